The van der Waals surface area contributed by atoms with Gasteiger partial charge in [-0.2, -0.15) is 0 Å². The molecule has 2 unspecified atom stereocenters. The second-order valence-electron chi connectivity index (χ2n) is 5.85. The fourth-order valence-corrected chi connectivity index (χ4v) is 3.08. The Bertz CT molecular complexity index is 431. The summed E-state index contributed by atoms with van der Waals surface area (Å²) >= 11 is 0. The first-order valence-electron chi connectivity index (χ1n) is 7.65. The van der Waals surface area contributed by atoms with Gasteiger partial charge in [-0.25, -0.2) is 4.79 Å². The zero-order chi connectivity index (χ0) is 14.5. The fraction of sp³-hybridized carbons (Fsp3) is 0.588. The molecule has 0 aromatic heterocycles. The first-order chi connectivity index (χ1) is 9.61. The van der Waals surface area contributed by atoms with Crippen LogP contribution in [0.1, 0.15) is 50.4 Å². The molecule has 0 aliphatic heterocycles. The maximum Gasteiger partial charge on any atom is 0.338 e. The minimum Gasteiger partial charge on any atom is -0.462 e. The van der Waals surface area contributed by atoms with Gasteiger partial charge in [-0.05, 0) is 55.9 Å². The van der Waals surface area contributed by atoms with Crippen molar-refractivity contribution in [1.82, 2.24) is 0 Å². The van der Waals surface area contributed by atoms with E-state index in [1.54, 1.807) is 0 Å². The lowest BCUT2D eigenvalue weighted by molar-refractivity contribution is 0.0526. The van der Waals surface area contributed by atoms with Crippen LogP contribution in [0.2, 0.25) is 0 Å². The highest BCUT2D eigenvalue weighted by atomic mass is 16.5. The van der Waals surface area contributed by atoms with E-state index in [1.807, 2.05) is 31.2 Å². The maximum atomic E-state index is 11.6. The summed E-state index contributed by atoms with van der Waals surface area (Å²) in [5.41, 5.74) is 1.70. The van der Waals surface area contributed by atoms with Gasteiger partial charge in [-0.1, -0.05) is 20.3 Å². The number of anilines is 1. The van der Waals surface area contributed by atoms with E-state index < -0.39 is 0 Å². The zero-order valence-corrected chi connectivity index (χ0v) is 12.7. The van der Waals surface area contributed by atoms with Gasteiger partial charge >= 0.3 is 5.97 Å². The molecule has 2 atom stereocenters. The Hall–Kier alpha value is -1.51. The summed E-state index contributed by atoms with van der Waals surface area (Å²) in [6.07, 6.45) is 3.92. The minimum absolute atomic E-state index is 0.251. The molecule has 1 aromatic carbocycles. The molecular weight excluding hydrogens is 250 g/mol. The molecule has 0 heterocycles. The lowest BCUT2D eigenvalue weighted by Crippen LogP contribution is -2.37. The lowest BCUT2D eigenvalue weighted by atomic mass is 9.78. The van der Waals surface area contributed by atoms with Crippen molar-refractivity contribution >= 4 is 11.7 Å². The molecule has 1 aromatic rings. The fourth-order valence-electron chi connectivity index (χ4n) is 3.08. The molecule has 0 radical (unpaired) electrons. The molecule has 0 spiro atoms. The van der Waals surface area contributed by atoms with Crippen molar-refractivity contribution in [2.45, 2.75) is 46.1 Å². The van der Waals surface area contributed by atoms with Gasteiger partial charge in [0.2, 0.25) is 0 Å². The van der Waals surface area contributed by atoms with Gasteiger partial charge in [-0.15, -0.1) is 0 Å². The number of rotatable bonds is 4. The van der Waals surface area contributed by atoms with E-state index in [1.165, 1.54) is 19.3 Å². The zero-order valence-electron chi connectivity index (χ0n) is 12.7. The van der Waals surface area contributed by atoms with E-state index in [0.29, 0.717) is 30.0 Å². The number of hydrogen-bond donors (Lipinski definition) is 1. The summed E-state index contributed by atoms with van der Waals surface area (Å²) in [4.78, 5) is 11.6. The first-order valence-corrected chi connectivity index (χ1v) is 7.65. The summed E-state index contributed by atoms with van der Waals surface area (Å²) in [5.74, 6) is 1.14. The highest BCUT2D eigenvalue weighted by Crippen LogP contribution is 2.31. The number of ether oxygens (including phenoxy) is 1. The highest BCUT2D eigenvalue weighted by molar-refractivity contribution is 5.89. The van der Waals surface area contributed by atoms with Crippen molar-refractivity contribution in [3.05, 3.63) is 29.8 Å². The van der Waals surface area contributed by atoms with E-state index in [-0.39, 0.29) is 5.97 Å². The quantitative estimate of drug-likeness (QED) is 0.841. The number of benzene rings is 1. The molecule has 20 heavy (non-hydrogen) atoms. The van der Waals surface area contributed by atoms with E-state index in [9.17, 15) is 4.79 Å². The molecule has 1 N–H and O–H groups in total. The first kappa shape index (κ1) is 14.9. The van der Waals surface area contributed by atoms with Crippen LogP contribution in [-0.4, -0.2) is 18.6 Å². The van der Waals surface area contributed by atoms with Crippen LogP contribution in [0, 0.1) is 11.8 Å². The monoisotopic (exact) mass is 275 g/mol. The van der Waals surface area contributed by atoms with Crippen LogP contribution in [0.4, 0.5) is 5.69 Å². The molecule has 2 rings (SSSR count). The summed E-state index contributed by atoms with van der Waals surface area (Å²) in [7, 11) is 0. The third kappa shape index (κ3) is 3.53. The van der Waals surface area contributed by atoms with Crippen molar-refractivity contribution in [2.24, 2.45) is 11.8 Å². The van der Waals surface area contributed by atoms with Crippen LogP contribution in [0.3, 0.4) is 0 Å². The summed E-state index contributed by atoms with van der Waals surface area (Å²) in [6.45, 7) is 6.87. The van der Waals surface area contributed by atoms with Crippen LogP contribution in [0.25, 0.3) is 0 Å². The standard InChI is InChI=1S/C17H25NO2/c1-4-20-17(19)14-8-10-15(11-9-14)18-16-12(2)6-5-7-13(16)3/h8-13,16,18H,4-7H2,1-3H3. The Morgan fingerprint density at radius 1 is 1.20 bits per heavy atom. The number of nitrogens with one attached hydrogen (secondary N) is 1. The molecule has 3 nitrogen and oxygen atoms in total. The molecule has 1 saturated carbocycles. The molecule has 3 heteroatoms. The molecule has 0 bridgehead atoms. The Balaban J connectivity index is 2.01. The number of carbonyl (C=O) groups is 1. The minimum atomic E-state index is -0.251. The predicted octanol–water partition coefficient (Wildman–Crippen LogP) is 4.10. The second kappa shape index (κ2) is 6.78. The largest absolute Gasteiger partial charge is 0.462 e. The van der Waals surface area contributed by atoms with Gasteiger partial charge < -0.3 is 10.1 Å². The van der Waals surface area contributed by atoms with Gasteiger partial charge in [0.05, 0.1) is 12.2 Å². The van der Waals surface area contributed by atoms with Gasteiger partial charge in [0.1, 0.15) is 0 Å². The molecule has 1 aliphatic rings. The molecule has 0 amide bonds. The Labute approximate surface area is 121 Å². The van der Waals surface area contributed by atoms with Crippen molar-refractivity contribution in [1.29, 1.82) is 0 Å². The number of esters is 1. The molecule has 0 saturated heterocycles. The Morgan fingerprint density at radius 2 is 1.80 bits per heavy atom. The molecular formula is C17H25NO2. The third-order valence-corrected chi connectivity index (χ3v) is 4.27. The van der Waals surface area contributed by atoms with Crippen LogP contribution in [0.5, 0.6) is 0 Å². The average molecular weight is 275 g/mol. The van der Waals surface area contributed by atoms with Crippen molar-refractivity contribution in [2.75, 3.05) is 11.9 Å². The van der Waals surface area contributed by atoms with Crippen LogP contribution < -0.4 is 5.32 Å². The third-order valence-electron chi connectivity index (χ3n) is 4.27. The van der Waals surface area contributed by atoms with Crippen LogP contribution in [-0.2, 0) is 4.74 Å². The van der Waals surface area contributed by atoms with Crippen molar-refractivity contribution in [3.8, 4) is 0 Å². The van der Waals surface area contributed by atoms with Gasteiger partial charge in [0.25, 0.3) is 0 Å². The highest BCUT2D eigenvalue weighted by Gasteiger charge is 2.27. The Morgan fingerprint density at radius 3 is 2.35 bits per heavy atom. The van der Waals surface area contributed by atoms with Gasteiger partial charge in [0.15, 0.2) is 0 Å². The van der Waals surface area contributed by atoms with Crippen molar-refractivity contribution in [3.63, 3.8) is 0 Å². The summed E-state index contributed by atoms with van der Waals surface area (Å²) in [6, 6.07) is 8.13. The van der Waals surface area contributed by atoms with E-state index >= 15 is 0 Å². The Kier molecular flexibility index (Phi) is 5.05. The lowest BCUT2D eigenvalue weighted by Gasteiger charge is -2.35. The molecule has 1 aliphatic carbocycles. The van der Waals surface area contributed by atoms with Crippen LogP contribution >= 0.6 is 0 Å². The van der Waals surface area contributed by atoms with E-state index in [2.05, 4.69) is 19.2 Å². The average Bonchev–Trinajstić information content (AvgIpc) is 2.44. The summed E-state index contributed by atoms with van der Waals surface area (Å²) in [5, 5.41) is 3.63. The number of carbonyl (C=O) groups excluding carboxylic acids is 1. The predicted molar refractivity (Wildman–Crippen MR) is 82.0 cm³/mol. The normalized spacial score (nSPS) is 26.1. The smallest absolute Gasteiger partial charge is 0.338 e. The van der Waals surface area contributed by atoms with Gasteiger partial charge in [0, 0.05) is 11.7 Å². The number of hydrogen-bond acceptors (Lipinski definition) is 3. The van der Waals surface area contributed by atoms with Gasteiger partial charge in [-0.3, -0.25) is 0 Å². The second-order valence-corrected chi connectivity index (χ2v) is 5.85. The topological polar surface area (TPSA) is 38.3 Å². The van der Waals surface area contributed by atoms with E-state index in [0.717, 1.165) is 5.69 Å². The van der Waals surface area contributed by atoms with Crippen LogP contribution in [0.15, 0.2) is 24.3 Å². The summed E-state index contributed by atoms with van der Waals surface area (Å²) < 4.78 is 4.99. The van der Waals surface area contributed by atoms with E-state index in [4.69, 9.17) is 4.74 Å². The molecule has 1 fully saturated rings. The maximum absolute atomic E-state index is 11.6. The SMILES string of the molecule is CCOC(=O)c1ccc(NC2C(C)CCCC2C)cc1. The van der Waals surface area contributed by atoms with Crippen molar-refractivity contribution < 1.29 is 9.53 Å². The molecule has 110 valence electrons.